The quantitative estimate of drug-likeness (QED) is 0.815. The van der Waals surface area contributed by atoms with Gasteiger partial charge in [0, 0.05) is 48.3 Å². The highest BCUT2D eigenvalue weighted by molar-refractivity contribution is 7.11. The molecule has 0 saturated carbocycles. The van der Waals surface area contributed by atoms with Crippen molar-refractivity contribution >= 4 is 17.2 Å². The van der Waals surface area contributed by atoms with Crippen LogP contribution in [0.5, 0.6) is 0 Å². The van der Waals surface area contributed by atoms with Gasteiger partial charge in [-0.25, -0.2) is 0 Å². The maximum Gasteiger partial charge on any atom is 0.219 e. The Balaban J connectivity index is 1.57. The van der Waals surface area contributed by atoms with E-state index in [0.29, 0.717) is 5.41 Å². The number of likely N-dealkylation sites (tertiary alicyclic amines) is 2. The number of nitrogens with zero attached hydrogens (tertiary/aromatic N) is 2. The number of thiophene rings is 1. The fourth-order valence-corrected chi connectivity index (χ4v) is 5.30. The van der Waals surface area contributed by atoms with Crippen LogP contribution in [0.4, 0.5) is 0 Å². The van der Waals surface area contributed by atoms with Crippen LogP contribution in [0.3, 0.4) is 0 Å². The molecule has 3 heterocycles. The van der Waals surface area contributed by atoms with Crippen LogP contribution in [-0.2, 0) is 17.8 Å². The van der Waals surface area contributed by atoms with E-state index in [1.165, 1.54) is 61.4 Å². The summed E-state index contributed by atoms with van der Waals surface area (Å²) < 4.78 is 0. The lowest BCUT2D eigenvalue weighted by molar-refractivity contribution is -0.128. The van der Waals surface area contributed by atoms with Gasteiger partial charge in [-0.3, -0.25) is 9.69 Å². The third-order valence-electron chi connectivity index (χ3n) is 5.50. The lowest BCUT2D eigenvalue weighted by Gasteiger charge is -2.40. The zero-order valence-corrected chi connectivity index (χ0v) is 15.5. The zero-order valence-electron chi connectivity index (χ0n) is 14.6. The molecule has 128 valence electrons. The molecule has 1 amide bonds. The van der Waals surface area contributed by atoms with Crippen LogP contribution in [0.1, 0.15) is 55.7 Å². The molecule has 3 nitrogen and oxygen atoms in total. The van der Waals surface area contributed by atoms with Gasteiger partial charge < -0.3 is 4.90 Å². The zero-order chi connectivity index (χ0) is 16.3. The number of hydrogen-bond donors (Lipinski definition) is 0. The minimum atomic E-state index is 0.248. The van der Waals surface area contributed by atoms with E-state index in [2.05, 4.69) is 28.9 Å². The first-order chi connectivity index (χ1) is 11.1. The smallest absolute Gasteiger partial charge is 0.219 e. The van der Waals surface area contributed by atoms with Gasteiger partial charge in [0.05, 0.1) is 0 Å². The molecule has 0 aromatic carbocycles. The van der Waals surface area contributed by atoms with Crippen molar-refractivity contribution < 1.29 is 4.79 Å². The van der Waals surface area contributed by atoms with Crippen molar-refractivity contribution in [3.8, 4) is 0 Å². The molecule has 0 N–H and O–H groups in total. The first-order valence-electron chi connectivity index (χ1n) is 9.16. The summed E-state index contributed by atoms with van der Waals surface area (Å²) in [7, 11) is 0. The van der Waals surface area contributed by atoms with Gasteiger partial charge in [0.25, 0.3) is 0 Å². The number of unbranched alkanes of at least 4 members (excludes halogenated alkanes) is 1. The van der Waals surface area contributed by atoms with Crippen molar-refractivity contribution in [3.63, 3.8) is 0 Å². The number of carbonyl (C=O) groups is 1. The number of carbonyl (C=O) groups excluding carboxylic acids is 1. The average molecular weight is 335 g/mol. The van der Waals surface area contributed by atoms with Crippen LogP contribution < -0.4 is 0 Å². The van der Waals surface area contributed by atoms with Crippen molar-refractivity contribution in [3.05, 3.63) is 21.9 Å². The summed E-state index contributed by atoms with van der Waals surface area (Å²) in [4.78, 5) is 19.4. The molecule has 2 fully saturated rings. The van der Waals surface area contributed by atoms with E-state index in [1.807, 2.05) is 11.3 Å². The standard InChI is InChI=1S/C19H30N2OS/c1-3-4-6-17-7-8-18(23-17)13-20-11-5-9-19(14-20)10-12-21(15-19)16(2)22/h7-8H,3-6,9-15H2,1-2H3. The summed E-state index contributed by atoms with van der Waals surface area (Å²) in [6.45, 7) is 9.38. The Labute approximate surface area is 144 Å². The first kappa shape index (κ1) is 17.0. The molecule has 2 aliphatic rings. The van der Waals surface area contributed by atoms with Gasteiger partial charge in [-0.1, -0.05) is 13.3 Å². The van der Waals surface area contributed by atoms with Crippen molar-refractivity contribution in [2.24, 2.45) is 5.41 Å². The Morgan fingerprint density at radius 3 is 2.78 bits per heavy atom. The average Bonchev–Trinajstić information content (AvgIpc) is 3.13. The van der Waals surface area contributed by atoms with Crippen LogP contribution in [0.15, 0.2) is 12.1 Å². The van der Waals surface area contributed by atoms with Gasteiger partial charge >= 0.3 is 0 Å². The van der Waals surface area contributed by atoms with Gasteiger partial charge in [0.2, 0.25) is 5.91 Å². The molecule has 1 aromatic rings. The second kappa shape index (κ2) is 7.35. The predicted octanol–water partition coefficient (Wildman–Crippen LogP) is 3.93. The van der Waals surface area contributed by atoms with E-state index in [9.17, 15) is 4.79 Å². The lowest BCUT2D eigenvalue weighted by atomic mass is 9.79. The summed E-state index contributed by atoms with van der Waals surface area (Å²) in [5, 5.41) is 0. The highest BCUT2D eigenvalue weighted by Crippen LogP contribution is 2.39. The molecule has 2 aliphatic heterocycles. The minimum absolute atomic E-state index is 0.248. The summed E-state index contributed by atoms with van der Waals surface area (Å²) in [5.74, 6) is 0.248. The van der Waals surface area contributed by atoms with E-state index < -0.39 is 0 Å². The molecule has 23 heavy (non-hydrogen) atoms. The molecular weight excluding hydrogens is 304 g/mol. The third kappa shape index (κ3) is 4.16. The Hall–Kier alpha value is -0.870. The number of aryl methyl sites for hydroxylation is 1. The van der Waals surface area contributed by atoms with Crippen molar-refractivity contribution in [2.45, 2.75) is 58.9 Å². The van der Waals surface area contributed by atoms with E-state index in [4.69, 9.17) is 0 Å². The maximum absolute atomic E-state index is 11.6. The van der Waals surface area contributed by atoms with E-state index in [-0.39, 0.29) is 5.91 Å². The predicted molar refractivity (Wildman–Crippen MR) is 96.7 cm³/mol. The molecule has 3 rings (SSSR count). The number of hydrogen-bond acceptors (Lipinski definition) is 3. The number of amides is 1. The Morgan fingerprint density at radius 2 is 2.04 bits per heavy atom. The highest BCUT2D eigenvalue weighted by atomic mass is 32.1. The molecular formula is C19H30N2OS. The Morgan fingerprint density at radius 1 is 1.22 bits per heavy atom. The SMILES string of the molecule is CCCCc1ccc(CN2CCCC3(CCN(C(C)=O)C3)C2)s1. The number of piperidine rings is 1. The second-order valence-corrected chi connectivity index (χ2v) is 8.73. The summed E-state index contributed by atoms with van der Waals surface area (Å²) in [5.41, 5.74) is 0.367. The van der Waals surface area contributed by atoms with Crippen LogP contribution >= 0.6 is 11.3 Å². The van der Waals surface area contributed by atoms with Crippen molar-refractivity contribution in [2.75, 3.05) is 26.2 Å². The monoisotopic (exact) mass is 334 g/mol. The molecule has 0 aliphatic carbocycles. The van der Waals surface area contributed by atoms with E-state index in [0.717, 1.165) is 19.6 Å². The van der Waals surface area contributed by atoms with E-state index in [1.54, 1.807) is 6.92 Å². The Kier molecular flexibility index (Phi) is 5.42. The third-order valence-corrected chi connectivity index (χ3v) is 6.63. The van der Waals surface area contributed by atoms with Gasteiger partial charge in [-0.15, -0.1) is 11.3 Å². The maximum atomic E-state index is 11.6. The van der Waals surface area contributed by atoms with Crippen molar-refractivity contribution in [1.29, 1.82) is 0 Å². The van der Waals surface area contributed by atoms with Gasteiger partial charge in [0.15, 0.2) is 0 Å². The topological polar surface area (TPSA) is 23.6 Å². The van der Waals surface area contributed by atoms with Gasteiger partial charge in [0.1, 0.15) is 0 Å². The summed E-state index contributed by atoms with van der Waals surface area (Å²) in [6.07, 6.45) is 7.56. The molecule has 2 saturated heterocycles. The fraction of sp³-hybridized carbons (Fsp3) is 0.737. The minimum Gasteiger partial charge on any atom is -0.342 e. The lowest BCUT2D eigenvalue weighted by Crippen LogP contribution is -2.44. The Bertz CT molecular complexity index is 541. The van der Waals surface area contributed by atoms with Crippen molar-refractivity contribution in [1.82, 2.24) is 9.80 Å². The summed E-state index contributed by atoms with van der Waals surface area (Å²) in [6, 6.07) is 4.65. The normalized spacial score (nSPS) is 25.4. The fourth-order valence-electron chi connectivity index (χ4n) is 4.20. The van der Waals surface area contributed by atoms with Gasteiger partial charge in [-0.05, 0) is 50.8 Å². The largest absolute Gasteiger partial charge is 0.342 e. The number of rotatable bonds is 5. The van der Waals surface area contributed by atoms with Crippen LogP contribution in [-0.4, -0.2) is 41.9 Å². The molecule has 0 radical (unpaired) electrons. The molecule has 1 atom stereocenters. The van der Waals surface area contributed by atoms with Crippen LogP contribution in [0.2, 0.25) is 0 Å². The molecule has 1 spiro atoms. The summed E-state index contributed by atoms with van der Waals surface area (Å²) >= 11 is 2.00. The van der Waals surface area contributed by atoms with Crippen LogP contribution in [0.25, 0.3) is 0 Å². The second-order valence-electron chi connectivity index (χ2n) is 7.48. The molecule has 4 heteroatoms. The van der Waals surface area contributed by atoms with E-state index >= 15 is 0 Å². The van der Waals surface area contributed by atoms with Gasteiger partial charge in [-0.2, -0.15) is 0 Å². The highest BCUT2D eigenvalue weighted by Gasteiger charge is 2.41. The molecule has 0 bridgehead atoms. The first-order valence-corrected chi connectivity index (χ1v) is 9.97. The molecule has 1 unspecified atom stereocenters. The van der Waals surface area contributed by atoms with Crippen LogP contribution in [0, 0.1) is 5.41 Å². The molecule has 1 aromatic heterocycles.